The molecule has 2 aliphatic heterocycles. The van der Waals surface area contributed by atoms with Crippen molar-refractivity contribution in [3.05, 3.63) is 52.2 Å². The number of β-lactam (4-membered cyclic amide) rings is 1. The van der Waals surface area contributed by atoms with Crippen LogP contribution in [-0.2, 0) is 35.7 Å². The van der Waals surface area contributed by atoms with Crippen LogP contribution in [0, 0.1) is 0 Å². The van der Waals surface area contributed by atoms with Crippen molar-refractivity contribution in [2.75, 3.05) is 25.6 Å². The molecule has 0 unspecified atom stereocenters. The minimum Gasteiger partial charge on any atom is -0.477 e. The number of nitrogen functional groups attached to an aromatic ring is 1. The Morgan fingerprint density at radius 1 is 1.38 bits per heavy atom. The third-order valence-electron chi connectivity index (χ3n) is 5.59. The van der Waals surface area contributed by atoms with E-state index in [1.165, 1.54) is 43.4 Å². The van der Waals surface area contributed by atoms with Gasteiger partial charge in [0.2, 0.25) is 10.0 Å². The SMILES string of the molecule is CNS(=O)(=O)c1cccc(CC2=C(C(=O)O)N3C(=O)[C@@H](NC(=O)C(=NOC)c4csc(N)n4)[C@H]3SC2)c1. The van der Waals surface area contributed by atoms with Crippen molar-refractivity contribution in [3.8, 4) is 0 Å². The number of nitrogens with zero attached hydrogens (tertiary/aromatic N) is 3. The quantitative estimate of drug-likeness (QED) is 0.182. The number of amides is 2. The normalized spacial score (nSPS) is 19.8. The molecule has 0 saturated carbocycles. The number of carbonyl (C=O) groups excluding carboxylic acids is 2. The third kappa shape index (κ3) is 5.18. The molecule has 13 nitrogen and oxygen atoms in total. The van der Waals surface area contributed by atoms with Crippen LogP contribution in [0.5, 0.6) is 0 Å². The maximum Gasteiger partial charge on any atom is 0.352 e. The Labute approximate surface area is 219 Å². The van der Waals surface area contributed by atoms with Crippen molar-refractivity contribution < 1.29 is 32.7 Å². The summed E-state index contributed by atoms with van der Waals surface area (Å²) in [6.45, 7) is 0. The van der Waals surface area contributed by atoms with Crippen molar-refractivity contribution in [3.63, 3.8) is 0 Å². The van der Waals surface area contributed by atoms with E-state index in [9.17, 15) is 27.9 Å². The van der Waals surface area contributed by atoms with Gasteiger partial charge in [-0.05, 0) is 36.7 Å². The van der Waals surface area contributed by atoms with E-state index in [-0.39, 0.29) is 39.3 Å². The number of carboxylic acids is 1. The number of aliphatic carboxylic acids is 1. The number of thiazole rings is 1. The number of oxime groups is 1. The number of sulfonamides is 1. The highest BCUT2D eigenvalue weighted by molar-refractivity contribution is 8.00. The maximum atomic E-state index is 13.0. The average Bonchev–Trinajstić information content (AvgIpc) is 3.31. The summed E-state index contributed by atoms with van der Waals surface area (Å²) in [5.74, 6) is -2.36. The minimum absolute atomic E-state index is 0.0458. The Morgan fingerprint density at radius 3 is 2.76 bits per heavy atom. The van der Waals surface area contributed by atoms with Gasteiger partial charge in [0.1, 0.15) is 29.9 Å². The Bertz CT molecular complexity index is 1440. The average molecular weight is 567 g/mol. The molecule has 0 bridgehead atoms. The molecule has 37 heavy (non-hydrogen) atoms. The van der Waals surface area contributed by atoms with Crippen molar-refractivity contribution in [1.82, 2.24) is 19.9 Å². The predicted molar refractivity (Wildman–Crippen MR) is 136 cm³/mol. The zero-order valence-corrected chi connectivity index (χ0v) is 21.9. The summed E-state index contributed by atoms with van der Waals surface area (Å²) < 4.78 is 26.5. The van der Waals surface area contributed by atoms with E-state index in [2.05, 4.69) is 20.2 Å². The van der Waals surface area contributed by atoms with E-state index in [1.54, 1.807) is 12.1 Å². The molecular weight excluding hydrogens is 544 g/mol. The van der Waals surface area contributed by atoms with Gasteiger partial charge in [0.15, 0.2) is 10.8 Å². The number of anilines is 1. The largest absolute Gasteiger partial charge is 0.477 e. The summed E-state index contributed by atoms with van der Waals surface area (Å²) in [6.07, 6.45) is 0.130. The lowest BCUT2D eigenvalue weighted by Gasteiger charge is -2.49. The Kier molecular flexibility index (Phi) is 7.54. The zero-order chi connectivity index (χ0) is 26.9. The molecule has 2 amide bonds. The monoisotopic (exact) mass is 566 g/mol. The third-order valence-corrected chi connectivity index (χ3v) is 9.02. The van der Waals surface area contributed by atoms with Gasteiger partial charge in [0.25, 0.3) is 11.8 Å². The molecular formula is C21H22N6O7S3. The maximum absolute atomic E-state index is 13.0. The van der Waals surface area contributed by atoms with E-state index in [0.717, 1.165) is 16.2 Å². The first kappa shape index (κ1) is 26.6. The van der Waals surface area contributed by atoms with Crippen LogP contribution in [0.1, 0.15) is 11.3 Å². The molecule has 0 aliphatic carbocycles. The number of nitrogens with one attached hydrogen (secondary N) is 2. The molecule has 1 aromatic heterocycles. The number of carboxylic acid groups (broad SMARTS) is 1. The van der Waals surface area contributed by atoms with E-state index in [1.807, 2.05) is 0 Å². The molecule has 4 rings (SSSR count). The molecule has 2 atom stereocenters. The van der Waals surface area contributed by atoms with Crippen LogP contribution in [0.15, 0.2) is 51.0 Å². The van der Waals surface area contributed by atoms with Crippen LogP contribution in [0.4, 0.5) is 5.13 Å². The second-order valence-electron chi connectivity index (χ2n) is 7.84. The number of thioether (sulfide) groups is 1. The number of carbonyl (C=O) groups is 3. The van der Waals surface area contributed by atoms with Crippen molar-refractivity contribution >= 4 is 61.7 Å². The van der Waals surface area contributed by atoms with Gasteiger partial charge in [-0.25, -0.2) is 22.9 Å². The summed E-state index contributed by atoms with van der Waals surface area (Å²) in [7, 11) is -1.13. The molecule has 2 aromatic rings. The van der Waals surface area contributed by atoms with Crippen LogP contribution < -0.4 is 15.8 Å². The number of hydrogen-bond donors (Lipinski definition) is 4. The van der Waals surface area contributed by atoms with E-state index < -0.39 is 39.2 Å². The summed E-state index contributed by atoms with van der Waals surface area (Å²) in [5, 5.41) is 17.3. The van der Waals surface area contributed by atoms with Crippen LogP contribution in [0.3, 0.4) is 0 Å². The number of aromatic nitrogens is 1. The van der Waals surface area contributed by atoms with Crippen molar-refractivity contribution in [1.29, 1.82) is 0 Å². The molecule has 5 N–H and O–H groups in total. The second-order valence-corrected chi connectivity index (χ2v) is 11.7. The van der Waals surface area contributed by atoms with Gasteiger partial charge in [-0.3, -0.25) is 14.5 Å². The van der Waals surface area contributed by atoms with E-state index in [4.69, 9.17) is 10.6 Å². The standard InChI is InChI=1S/C21H22N6O7S3/c1-23-37(32,33)12-5-3-4-10(7-12)6-11-8-35-19-15(18(29)27(19)16(11)20(30)31)25-17(28)14(26-34-2)13-9-36-21(22)24-13/h3-5,7,9,15,19,23H,6,8H2,1-2H3,(H2,22,24)(H,25,28)(H,30,31)/t15-,19-/m1/s1. The molecule has 1 aromatic carbocycles. The second kappa shape index (κ2) is 10.5. The van der Waals surface area contributed by atoms with E-state index >= 15 is 0 Å². The predicted octanol–water partition coefficient (Wildman–Crippen LogP) is -0.0348. The fraction of sp³-hybridized carbons (Fsp3) is 0.286. The van der Waals surface area contributed by atoms with Crippen molar-refractivity contribution in [2.45, 2.75) is 22.7 Å². The van der Waals surface area contributed by atoms with Crippen LogP contribution in [0.25, 0.3) is 0 Å². The Hall–Kier alpha value is -3.47. The van der Waals surface area contributed by atoms with Gasteiger partial charge in [0, 0.05) is 11.1 Å². The topological polar surface area (TPSA) is 193 Å². The van der Waals surface area contributed by atoms with Crippen LogP contribution >= 0.6 is 23.1 Å². The lowest BCUT2D eigenvalue weighted by Crippen LogP contribution is -2.71. The number of nitrogens with two attached hydrogens (primary N) is 1. The first-order valence-electron chi connectivity index (χ1n) is 10.6. The molecule has 1 fully saturated rings. The fourth-order valence-electron chi connectivity index (χ4n) is 3.91. The zero-order valence-electron chi connectivity index (χ0n) is 19.5. The lowest BCUT2D eigenvalue weighted by molar-refractivity contribution is -0.150. The molecule has 2 aliphatic rings. The number of hydrogen-bond acceptors (Lipinski definition) is 11. The number of benzene rings is 1. The molecule has 1 saturated heterocycles. The van der Waals surface area contributed by atoms with Gasteiger partial charge in [0.05, 0.1) is 4.90 Å². The lowest BCUT2D eigenvalue weighted by atomic mass is 9.99. The fourth-order valence-corrected chi connectivity index (χ4v) is 6.60. The Morgan fingerprint density at radius 2 is 2.14 bits per heavy atom. The molecule has 0 radical (unpaired) electrons. The van der Waals surface area contributed by atoms with Crippen LogP contribution in [-0.4, -0.2) is 78.2 Å². The highest BCUT2D eigenvalue weighted by atomic mass is 32.2. The highest BCUT2D eigenvalue weighted by Gasteiger charge is 2.54. The van der Waals surface area contributed by atoms with Gasteiger partial charge >= 0.3 is 5.97 Å². The van der Waals surface area contributed by atoms with Crippen LogP contribution in [0.2, 0.25) is 0 Å². The summed E-state index contributed by atoms with van der Waals surface area (Å²) in [4.78, 5) is 48.0. The molecule has 3 heterocycles. The first-order valence-corrected chi connectivity index (χ1v) is 14.0. The molecule has 16 heteroatoms. The minimum atomic E-state index is -3.68. The summed E-state index contributed by atoms with van der Waals surface area (Å²) in [6, 6.07) is 5.14. The number of rotatable bonds is 9. The Balaban J connectivity index is 1.55. The van der Waals surface area contributed by atoms with Gasteiger partial charge in [-0.2, -0.15) is 0 Å². The molecule has 0 spiro atoms. The van der Waals surface area contributed by atoms with Crippen molar-refractivity contribution in [2.24, 2.45) is 5.16 Å². The van der Waals surface area contributed by atoms with Gasteiger partial charge in [-0.15, -0.1) is 23.1 Å². The number of fused-ring (bicyclic) bond motifs is 1. The summed E-state index contributed by atoms with van der Waals surface area (Å²) in [5.41, 5.74) is 6.48. The van der Waals surface area contributed by atoms with E-state index in [0.29, 0.717) is 11.1 Å². The van der Waals surface area contributed by atoms with Gasteiger partial charge in [-0.1, -0.05) is 17.3 Å². The summed E-state index contributed by atoms with van der Waals surface area (Å²) >= 11 is 2.39. The van der Waals surface area contributed by atoms with Gasteiger partial charge < -0.3 is 21.0 Å². The highest BCUT2D eigenvalue weighted by Crippen LogP contribution is 2.41. The smallest absolute Gasteiger partial charge is 0.352 e. The first-order chi connectivity index (χ1) is 17.6. The molecule has 196 valence electrons.